The fraction of sp³-hybridized carbons (Fsp3) is 0.917. The highest BCUT2D eigenvalue weighted by atomic mass is 16.5. The molecule has 1 atom stereocenters. The fourth-order valence-electron chi connectivity index (χ4n) is 1.81. The number of carbonyl (C=O) groups excluding carboxylic acids is 1. The number of rotatable bonds is 7. The van der Waals surface area contributed by atoms with Gasteiger partial charge < -0.3 is 15.4 Å². The Balaban J connectivity index is 1.93. The predicted octanol–water partition coefficient (Wildman–Crippen LogP) is 0.917. The molecule has 0 aliphatic carbocycles. The molecule has 16 heavy (non-hydrogen) atoms. The Labute approximate surface area is 98.1 Å². The van der Waals surface area contributed by atoms with E-state index in [1.807, 2.05) is 0 Å². The standard InChI is InChI=1S/C12H24N2O2/c1-10(2)9-16-7-6-14-12(15)8-11-4-3-5-13-11/h10-11,13H,3-9H2,1-2H3,(H,14,15). The summed E-state index contributed by atoms with van der Waals surface area (Å²) in [6.45, 7) is 7.28. The molecular formula is C12H24N2O2. The van der Waals surface area contributed by atoms with Crippen molar-refractivity contribution in [2.24, 2.45) is 5.92 Å². The Morgan fingerprint density at radius 2 is 2.38 bits per heavy atom. The average molecular weight is 228 g/mol. The summed E-state index contributed by atoms with van der Waals surface area (Å²) in [6.07, 6.45) is 2.91. The first-order valence-corrected chi connectivity index (χ1v) is 6.26. The molecule has 0 radical (unpaired) electrons. The Morgan fingerprint density at radius 1 is 1.56 bits per heavy atom. The third kappa shape index (κ3) is 6.08. The molecule has 1 aliphatic heterocycles. The van der Waals surface area contributed by atoms with Crippen LogP contribution < -0.4 is 10.6 Å². The maximum Gasteiger partial charge on any atom is 0.221 e. The minimum absolute atomic E-state index is 0.132. The van der Waals surface area contributed by atoms with Gasteiger partial charge in [-0.3, -0.25) is 4.79 Å². The van der Waals surface area contributed by atoms with Crippen molar-refractivity contribution in [3.8, 4) is 0 Å². The summed E-state index contributed by atoms with van der Waals surface area (Å²) >= 11 is 0. The lowest BCUT2D eigenvalue weighted by atomic mass is 10.1. The van der Waals surface area contributed by atoms with Crippen molar-refractivity contribution in [2.45, 2.75) is 39.2 Å². The molecule has 0 aromatic rings. The minimum atomic E-state index is 0.132. The topological polar surface area (TPSA) is 50.4 Å². The molecule has 1 unspecified atom stereocenters. The lowest BCUT2D eigenvalue weighted by Crippen LogP contribution is -2.33. The Kier molecular flexibility index (Phi) is 6.42. The van der Waals surface area contributed by atoms with Crippen molar-refractivity contribution >= 4 is 5.91 Å². The van der Waals surface area contributed by atoms with Gasteiger partial charge >= 0.3 is 0 Å². The molecule has 0 bridgehead atoms. The van der Waals surface area contributed by atoms with Crippen molar-refractivity contribution < 1.29 is 9.53 Å². The van der Waals surface area contributed by atoms with Crippen LogP contribution in [0.3, 0.4) is 0 Å². The van der Waals surface area contributed by atoms with Crippen LogP contribution in [-0.2, 0) is 9.53 Å². The molecule has 0 aromatic carbocycles. The van der Waals surface area contributed by atoms with Gasteiger partial charge in [-0.05, 0) is 25.3 Å². The average Bonchev–Trinajstić information content (AvgIpc) is 2.69. The van der Waals surface area contributed by atoms with Gasteiger partial charge in [0.05, 0.1) is 6.61 Å². The van der Waals surface area contributed by atoms with Crippen molar-refractivity contribution in [1.29, 1.82) is 0 Å². The zero-order valence-electron chi connectivity index (χ0n) is 10.4. The van der Waals surface area contributed by atoms with Gasteiger partial charge in [0.2, 0.25) is 5.91 Å². The molecule has 4 heteroatoms. The first kappa shape index (κ1) is 13.5. The third-order valence-electron chi connectivity index (χ3n) is 2.61. The molecule has 0 spiro atoms. The first-order valence-electron chi connectivity index (χ1n) is 6.26. The van der Waals surface area contributed by atoms with E-state index in [2.05, 4.69) is 24.5 Å². The second kappa shape index (κ2) is 7.63. The molecule has 1 amide bonds. The van der Waals surface area contributed by atoms with E-state index >= 15 is 0 Å². The Bertz CT molecular complexity index is 201. The van der Waals surface area contributed by atoms with Crippen LogP contribution in [-0.4, -0.2) is 38.3 Å². The van der Waals surface area contributed by atoms with Crippen LogP contribution in [0.5, 0.6) is 0 Å². The zero-order chi connectivity index (χ0) is 11.8. The maximum atomic E-state index is 11.5. The van der Waals surface area contributed by atoms with Crippen LogP contribution in [0.4, 0.5) is 0 Å². The fourth-order valence-corrected chi connectivity index (χ4v) is 1.81. The molecule has 4 nitrogen and oxygen atoms in total. The van der Waals surface area contributed by atoms with E-state index in [4.69, 9.17) is 4.74 Å². The Morgan fingerprint density at radius 3 is 3.00 bits per heavy atom. The molecule has 1 saturated heterocycles. The normalized spacial score (nSPS) is 20.3. The SMILES string of the molecule is CC(C)COCCNC(=O)CC1CCCN1. The molecule has 1 rings (SSSR count). The molecule has 1 heterocycles. The van der Waals surface area contributed by atoms with Gasteiger partial charge in [0.1, 0.15) is 0 Å². The summed E-state index contributed by atoms with van der Waals surface area (Å²) in [5.41, 5.74) is 0. The number of nitrogens with one attached hydrogen (secondary N) is 2. The van der Waals surface area contributed by atoms with Gasteiger partial charge in [-0.1, -0.05) is 13.8 Å². The first-order chi connectivity index (χ1) is 7.68. The summed E-state index contributed by atoms with van der Waals surface area (Å²) in [5.74, 6) is 0.686. The summed E-state index contributed by atoms with van der Waals surface area (Å²) in [5, 5.41) is 6.19. The number of ether oxygens (including phenoxy) is 1. The summed E-state index contributed by atoms with van der Waals surface area (Å²) < 4.78 is 5.39. The van der Waals surface area contributed by atoms with Crippen LogP contribution in [0, 0.1) is 5.92 Å². The number of carbonyl (C=O) groups is 1. The van der Waals surface area contributed by atoms with Crippen molar-refractivity contribution in [2.75, 3.05) is 26.3 Å². The highest BCUT2D eigenvalue weighted by Gasteiger charge is 2.16. The smallest absolute Gasteiger partial charge is 0.221 e. The summed E-state index contributed by atoms with van der Waals surface area (Å²) in [7, 11) is 0. The van der Waals surface area contributed by atoms with E-state index in [0.29, 0.717) is 31.5 Å². The predicted molar refractivity (Wildman–Crippen MR) is 64.3 cm³/mol. The quantitative estimate of drug-likeness (QED) is 0.637. The van der Waals surface area contributed by atoms with Crippen molar-refractivity contribution in [3.63, 3.8) is 0 Å². The van der Waals surface area contributed by atoms with Gasteiger partial charge in [-0.15, -0.1) is 0 Å². The second-order valence-electron chi connectivity index (χ2n) is 4.82. The van der Waals surface area contributed by atoms with Crippen LogP contribution in [0.1, 0.15) is 33.1 Å². The van der Waals surface area contributed by atoms with E-state index in [-0.39, 0.29) is 5.91 Å². The summed E-state index contributed by atoms with van der Waals surface area (Å²) in [6, 6.07) is 0.386. The van der Waals surface area contributed by atoms with Crippen molar-refractivity contribution in [1.82, 2.24) is 10.6 Å². The van der Waals surface area contributed by atoms with E-state index in [1.165, 1.54) is 6.42 Å². The molecule has 94 valence electrons. The van der Waals surface area contributed by atoms with Crippen molar-refractivity contribution in [3.05, 3.63) is 0 Å². The second-order valence-corrected chi connectivity index (χ2v) is 4.82. The Hall–Kier alpha value is -0.610. The van der Waals surface area contributed by atoms with E-state index < -0.39 is 0 Å². The van der Waals surface area contributed by atoms with Gasteiger partial charge in [-0.2, -0.15) is 0 Å². The summed E-state index contributed by atoms with van der Waals surface area (Å²) in [4.78, 5) is 11.5. The van der Waals surface area contributed by atoms with Gasteiger partial charge in [-0.25, -0.2) is 0 Å². The van der Waals surface area contributed by atoms with Gasteiger partial charge in [0.15, 0.2) is 0 Å². The minimum Gasteiger partial charge on any atom is -0.379 e. The molecule has 1 aliphatic rings. The zero-order valence-corrected chi connectivity index (χ0v) is 10.4. The van der Waals surface area contributed by atoms with Gasteiger partial charge in [0.25, 0.3) is 0 Å². The van der Waals surface area contributed by atoms with Crippen LogP contribution in [0.2, 0.25) is 0 Å². The largest absolute Gasteiger partial charge is 0.379 e. The molecule has 0 saturated carbocycles. The maximum absolute atomic E-state index is 11.5. The van der Waals surface area contributed by atoms with Crippen LogP contribution >= 0.6 is 0 Å². The number of hydrogen-bond donors (Lipinski definition) is 2. The number of hydrogen-bond acceptors (Lipinski definition) is 3. The highest BCUT2D eigenvalue weighted by Crippen LogP contribution is 2.07. The highest BCUT2D eigenvalue weighted by molar-refractivity contribution is 5.76. The molecule has 0 aromatic heterocycles. The lowest BCUT2D eigenvalue weighted by molar-refractivity contribution is -0.121. The van der Waals surface area contributed by atoms with Crippen LogP contribution in [0.25, 0.3) is 0 Å². The van der Waals surface area contributed by atoms with E-state index in [0.717, 1.165) is 19.6 Å². The molecule has 1 fully saturated rings. The van der Waals surface area contributed by atoms with E-state index in [9.17, 15) is 4.79 Å². The van der Waals surface area contributed by atoms with Crippen LogP contribution in [0.15, 0.2) is 0 Å². The van der Waals surface area contributed by atoms with Gasteiger partial charge in [0, 0.05) is 25.6 Å². The lowest BCUT2D eigenvalue weighted by Gasteiger charge is -2.11. The molecule has 2 N–H and O–H groups in total. The number of amides is 1. The molecular weight excluding hydrogens is 204 g/mol. The monoisotopic (exact) mass is 228 g/mol. The van der Waals surface area contributed by atoms with E-state index in [1.54, 1.807) is 0 Å². The third-order valence-corrected chi connectivity index (χ3v) is 2.61.